The summed E-state index contributed by atoms with van der Waals surface area (Å²) >= 11 is 0. The highest BCUT2D eigenvalue weighted by Gasteiger charge is 2.26. The Labute approximate surface area is 116 Å². The van der Waals surface area contributed by atoms with E-state index in [-0.39, 0.29) is 12.8 Å². The number of urea groups is 1. The van der Waals surface area contributed by atoms with E-state index in [2.05, 4.69) is 10.6 Å². The summed E-state index contributed by atoms with van der Waals surface area (Å²) in [4.78, 5) is 33.0. The Morgan fingerprint density at radius 3 is 2.35 bits per heavy atom. The molecular weight excluding hydrogens is 268 g/mol. The summed E-state index contributed by atoms with van der Waals surface area (Å²) in [5, 5.41) is 31.9. The van der Waals surface area contributed by atoms with Crippen LogP contribution in [0.1, 0.15) is 38.5 Å². The van der Waals surface area contributed by atoms with Gasteiger partial charge in [-0.05, 0) is 19.3 Å². The fourth-order valence-electron chi connectivity index (χ4n) is 2.17. The molecule has 1 rings (SSSR count). The molecule has 5 N–H and O–H groups in total. The Morgan fingerprint density at radius 1 is 1.15 bits per heavy atom. The van der Waals surface area contributed by atoms with E-state index in [0.717, 1.165) is 12.8 Å². The molecule has 8 nitrogen and oxygen atoms in total. The summed E-state index contributed by atoms with van der Waals surface area (Å²) in [7, 11) is 0. The molecule has 8 heteroatoms. The summed E-state index contributed by atoms with van der Waals surface area (Å²) in [6.07, 6.45) is 1.88. The van der Waals surface area contributed by atoms with Gasteiger partial charge in [0.2, 0.25) is 0 Å². The number of aliphatic carboxylic acids is 2. The van der Waals surface area contributed by atoms with Crippen molar-refractivity contribution in [1.29, 1.82) is 0 Å². The highest BCUT2D eigenvalue weighted by molar-refractivity contribution is 5.83. The second-order valence-electron chi connectivity index (χ2n) is 4.90. The molecule has 0 saturated heterocycles. The smallest absolute Gasteiger partial charge is 0.326 e. The first-order valence-corrected chi connectivity index (χ1v) is 6.60. The molecule has 0 aromatic carbocycles. The summed E-state index contributed by atoms with van der Waals surface area (Å²) in [6, 6.07) is -2.35. The number of carbonyl (C=O) groups is 3. The maximum absolute atomic E-state index is 11.7. The van der Waals surface area contributed by atoms with E-state index in [9.17, 15) is 19.5 Å². The molecule has 114 valence electrons. The van der Waals surface area contributed by atoms with Crippen molar-refractivity contribution in [3.63, 3.8) is 0 Å². The van der Waals surface area contributed by atoms with Crippen molar-refractivity contribution < 1.29 is 29.7 Å². The van der Waals surface area contributed by atoms with Gasteiger partial charge in [0, 0.05) is 6.42 Å². The second-order valence-corrected chi connectivity index (χ2v) is 4.90. The zero-order valence-electron chi connectivity index (χ0n) is 11.0. The number of hydrogen-bond donors (Lipinski definition) is 5. The van der Waals surface area contributed by atoms with Gasteiger partial charge in [0.25, 0.3) is 0 Å². The van der Waals surface area contributed by atoms with Crippen molar-refractivity contribution in [1.82, 2.24) is 10.6 Å². The normalized spacial score (nSPS) is 23.6. The number of aliphatic hydroxyl groups excluding tert-OH is 1. The molecule has 0 aromatic heterocycles. The van der Waals surface area contributed by atoms with Crippen LogP contribution < -0.4 is 10.6 Å². The third-order valence-electron chi connectivity index (χ3n) is 3.30. The fraction of sp³-hybridized carbons (Fsp3) is 0.750. The van der Waals surface area contributed by atoms with Crippen LogP contribution >= 0.6 is 0 Å². The first-order chi connectivity index (χ1) is 9.40. The number of carboxylic acid groups (broad SMARTS) is 2. The summed E-state index contributed by atoms with van der Waals surface area (Å²) < 4.78 is 0. The molecule has 2 unspecified atom stereocenters. The molecule has 0 aromatic rings. The topological polar surface area (TPSA) is 136 Å². The van der Waals surface area contributed by atoms with Gasteiger partial charge in [-0.2, -0.15) is 0 Å². The number of carboxylic acids is 2. The van der Waals surface area contributed by atoms with Gasteiger partial charge in [0.05, 0.1) is 12.1 Å². The van der Waals surface area contributed by atoms with E-state index in [1.807, 2.05) is 0 Å². The molecule has 1 aliphatic carbocycles. The van der Waals surface area contributed by atoms with Crippen LogP contribution in [-0.2, 0) is 9.59 Å². The van der Waals surface area contributed by atoms with Crippen molar-refractivity contribution in [2.75, 3.05) is 0 Å². The van der Waals surface area contributed by atoms with Crippen molar-refractivity contribution in [3.8, 4) is 0 Å². The monoisotopic (exact) mass is 288 g/mol. The first-order valence-electron chi connectivity index (χ1n) is 6.60. The second kappa shape index (κ2) is 7.68. The molecule has 1 saturated carbocycles. The predicted octanol–water partition coefficient (Wildman–Crippen LogP) is -0.0929. The lowest BCUT2D eigenvalue weighted by molar-refractivity contribution is -0.140. The van der Waals surface area contributed by atoms with E-state index in [1.165, 1.54) is 0 Å². The minimum atomic E-state index is -1.29. The van der Waals surface area contributed by atoms with Crippen LogP contribution in [0, 0.1) is 0 Å². The Morgan fingerprint density at radius 2 is 1.80 bits per heavy atom. The number of aliphatic hydroxyl groups is 1. The van der Waals surface area contributed by atoms with Gasteiger partial charge < -0.3 is 26.0 Å². The lowest BCUT2D eigenvalue weighted by atomic mass is 9.93. The Kier molecular flexibility index (Phi) is 6.23. The highest BCUT2D eigenvalue weighted by atomic mass is 16.4. The highest BCUT2D eigenvalue weighted by Crippen LogP contribution is 2.18. The maximum Gasteiger partial charge on any atom is 0.326 e. The van der Waals surface area contributed by atoms with Gasteiger partial charge in [-0.25, -0.2) is 9.59 Å². The molecule has 0 aliphatic heterocycles. The van der Waals surface area contributed by atoms with Crippen molar-refractivity contribution in [3.05, 3.63) is 0 Å². The van der Waals surface area contributed by atoms with Crippen molar-refractivity contribution in [2.24, 2.45) is 0 Å². The standard InChI is InChI=1S/C12H20N2O6/c15-9-4-2-1-3-7(9)13-12(20)14-8(11(18)19)5-6-10(16)17/h7-9,15H,1-6H2,(H,16,17)(H,18,19)(H2,13,14,20)/t7?,8-,9?/m0/s1. The average molecular weight is 288 g/mol. The zero-order chi connectivity index (χ0) is 15.1. The number of amides is 2. The molecule has 1 fully saturated rings. The van der Waals surface area contributed by atoms with E-state index < -0.39 is 36.2 Å². The Balaban J connectivity index is 2.44. The van der Waals surface area contributed by atoms with E-state index >= 15 is 0 Å². The van der Waals surface area contributed by atoms with E-state index in [4.69, 9.17) is 10.2 Å². The fourth-order valence-corrected chi connectivity index (χ4v) is 2.17. The van der Waals surface area contributed by atoms with Crippen LogP contribution in [0.4, 0.5) is 4.79 Å². The van der Waals surface area contributed by atoms with Crippen LogP contribution in [0.15, 0.2) is 0 Å². The van der Waals surface area contributed by atoms with Crippen molar-refractivity contribution in [2.45, 2.75) is 56.7 Å². The molecule has 2 amide bonds. The largest absolute Gasteiger partial charge is 0.481 e. The maximum atomic E-state index is 11.7. The molecule has 0 heterocycles. The summed E-state index contributed by atoms with van der Waals surface area (Å²) in [5.74, 6) is -2.41. The molecule has 3 atom stereocenters. The molecule has 20 heavy (non-hydrogen) atoms. The minimum Gasteiger partial charge on any atom is -0.481 e. The van der Waals surface area contributed by atoms with Gasteiger partial charge in [-0.15, -0.1) is 0 Å². The average Bonchev–Trinajstić information content (AvgIpc) is 2.36. The van der Waals surface area contributed by atoms with Crippen LogP contribution in [0.2, 0.25) is 0 Å². The molecular formula is C12H20N2O6. The number of carbonyl (C=O) groups excluding carboxylic acids is 1. The van der Waals surface area contributed by atoms with Gasteiger partial charge >= 0.3 is 18.0 Å². The molecule has 0 spiro atoms. The molecule has 0 radical (unpaired) electrons. The van der Waals surface area contributed by atoms with Gasteiger partial charge in [0.15, 0.2) is 0 Å². The Hall–Kier alpha value is -1.83. The van der Waals surface area contributed by atoms with Crippen molar-refractivity contribution >= 4 is 18.0 Å². The SMILES string of the molecule is O=C(O)CC[C@H](NC(=O)NC1CCCCC1O)C(=O)O. The van der Waals surface area contributed by atoms with Crippen LogP contribution in [0.5, 0.6) is 0 Å². The molecule has 0 bridgehead atoms. The summed E-state index contributed by atoms with van der Waals surface area (Å²) in [6.45, 7) is 0. The quantitative estimate of drug-likeness (QED) is 0.463. The zero-order valence-corrected chi connectivity index (χ0v) is 11.0. The predicted molar refractivity (Wildman–Crippen MR) is 68.2 cm³/mol. The number of hydrogen-bond acceptors (Lipinski definition) is 4. The van der Waals surface area contributed by atoms with Crippen LogP contribution in [0.3, 0.4) is 0 Å². The van der Waals surface area contributed by atoms with Crippen LogP contribution in [-0.4, -0.2) is 51.5 Å². The lowest BCUT2D eigenvalue weighted by Crippen LogP contribution is -2.52. The first kappa shape index (κ1) is 16.2. The third kappa shape index (κ3) is 5.43. The number of nitrogens with one attached hydrogen (secondary N) is 2. The number of rotatable bonds is 6. The van der Waals surface area contributed by atoms with E-state index in [0.29, 0.717) is 12.8 Å². The van der Waals surface area contributed by atoms with Gasteiger partial charge in [0.1, 0.15) is 6.04 Å². The van der Waals surface area contributed by atoms with Crippen LogP contribution in [0.25, 0.3) is 0 Å². The molecule has 1 aliphatic rings. The minimum absolute atomic E-state index is 0.189. The Bertz CT molecular complexity index is 373. The van der Waals surface area contributed by atoms with E-state index in [1.54, 1.807) is 0 Å². The third-order valence-corrected chi connectivity index (χ3v) is 3.30. The van der Waals surface area contributed by atoms with Gasteiger partial charge in [-0.3, -0.25) is 4.79 Å². The van der Waals surface area contributed by atoms with Gasteiger partial charge in [-0.1, -0.05) is 12.8 Å². The lowest BCUT2D eigenvalue weighted by Gasteiger charge is -2.28. The summed E-state index contributed by atoms with van der Waals surface area (Å²) in [5.41, 5.74) is 0.